The number of nitrogens with one attached hydrogen (secondary N) is 1. The van der Waals surface area contributed by atoms with Crippen LogP contribution in [0.3, 0.4) is 0 Å². The van der Waals surface area contributed by atoms with E-state index in [2.05, 4.69) is 10.4 Å². The zero-order valence-electron chi connectivity index (χ0n) is 17.6. The van der Waals surface area contributed by atoms with Gasteiger partial charge < -0.3 is 10.1 Å². The smallest absolute Gasteiger partial charge is 0.326 e. The molecule has 8 heteroatoms. The zero-order valence-corrected chi connectivity index (χ0v) is 18.3. The normalized spacial score (nSPS) is 13.2. The van der Waals surface area contributed by atoms with Crippen LogP contribution in [0.2, 0.25) is 5.02 Å². The number of ether oxygens (including phenoxy) is 1. The summed E-state index contributed by atoms with van der Waals surface area (Å²) in [6.45, 7) is 3.53. The molecular formula is C23H26ClN5O2. The lowest BCUT2D eigenvalue weighted by Crippen LogP contribution is -2.35. The van der Waals surface area contributed by atoms with Crippen LogP contribution < -0.4 is 15.0 Å². The van der Waals surface area contributed by atoms with Crippen LogP contribution in [0.4, 0.5) is 16.2 Å². The standard InChI is InChI=1S/C23H26ClN5O2/c1-2-31-20-9-6-5-8-19(20)28(23(30)25-18-13-11-17(24)12-14-18)16-21-26-22-10-4-3-7-15-29(22)27-21/h5-6,8-9,11-14H,2-4,7,10,15-16H2,1H3,(H,25,30). The molecule has 1 aliphatic rings. The predicted octanol–water partition coefficient (Wildman–Crippen LogP) is 5.30. The van der Waals surface area contributed by atoms with Crippen molar-refractivity contribution in [2.75, 3.05) is 16.8 Å². The van der Waals surface area contributed by atoms with Crippen molar-refractivity contribution in [1.29, 1.82) is 0 Å². The summed E-state index contributed by atoms with van der Waals surface area (Å²) in [5.74, 6) is 2.25. The number of nitrogens with zero attached hydrogens (tertiary/aromatic N) is 4. The fourth-order valence-electron chi connectivity index (χ4n) is 3.67. The Morgan fingerprint density at radius 2 is 1.97 bits per heavy atom. The molecule has 7 nitrogen and oxygen atoms in total. The molecule has 0 spiro atoms. The van der Waals surface area contributed by atoms with Crippen LogP contribution in [-0.2, 0) is 19.5 Å². The molecule has 1 aromatic heterocycles. The Morgan fingerprint density at radius 3 is 2.77 bits per heavy atom. The number of rotatable bonds is 6. The first-order valence-corrected chi connectivity index (χ1v) is 11.0. The highest BCUT2D eigenvalue weighted by Gasteiger charge is 2.23. The SMILES string of the molecule is CCOc1ccccc1N(Cc1nc2n(n1)CCCCC2)C(=O)Nc1ccc(Cl)cc1. The minimum atomic E-state index is -0.292. The second-order valence-electron chi connectivity index (χ2n) is 7.40. The molecular weight excluding hydrogens is 414 g/mol. The van der Waals surface area contributed by atoms with Gasteiger partial charge in [-0.3, -0.25) is 4.90 Å². The molecule has 3 aromatic rings. The van der Waals surface area contributed by atoms with Gasteiger partial charge in [0.15, 0.2) is 5.82 Å². The Morgan fingerprint density at radius 1 is 1.16 bits per heavy atom. The highest BCUT2D eigenvalue weighted by atomic mass is 35.5. The molecule has 0 saturated heterocycles. The fourth-order valence-corrected chi connectivity index (χ4v) is 3.79. The maximum Gasteiger partial charge on any atom is 0.326 e. The van der Waals surface area contributed by atoms with E-state index in [0.29, 0.717) is 34.6 Å². The van der Waals surface area contributed by atoms with Gasteiger partial charge in [0.1, 0.15) is 11.6 Å². The Bertz CT molecular complexity index is 1010. The molecule has 31 heavy (non-hydrogen) atoms. The van der Waals surface area contributed by atoms with E-state index in [1.54, 1.807) is 29.2 Å². The quantitative estimate of drug-likeness (QED) is 0.566. The molecule has 162 valence electrons. The van der Waals surface area contributed by atoms with Gasteiger partial charge in [-0.05, 0) is 56.2 Å². The minimum absolute atomic E-state index is 0.240. The van der Waals surface area contributed by atoms with Gasteiger partial charge >= 0.3 is 6.03 Å². The van der Waals surface area contributed by atoms with Crippen molar-refractivity contribution in [3.8, 4) is 5.75 Å². The van der Waals surface area contributed by atoms with E-state index in [4.69, 9.17) is 21.3 Å². The van der Waals surface area contributed by atoms with Crippen LogP contribution >= 0.6 is 11.6 Å². The lowest BCUT2D eigenvalue weighted by molar-refractivity contribution is 0.256. The second-order valence-corrected chi connectivity index (χ2v) is 7.84. The highest BCUT2D eigenvalue weighted by molar-refractivity contribution is 6.30. The number of fused-ring (bicyclic) bond motifs is 1. The maximum atomic E-state index is 13.3. The molecule has 0 bridgehead atoms. The average Bonchev–Trinajstić information content (AvgIpc) is 3.02. The number of hydrogen-bond acceptors (Lipinski definition) is 4. The first-order chi connectivity index (χ1) is 15.1. The predicted molar refractivity (Wildman–Crippen MR) is 122 cm³/mol. The van der Waals surface area contributed by atoms with Gasteiger partial charge in [-0.2, -0.15) is 5.10 Å². The van der Waals surface area contributed by atoms with Gasteiger partial charge in [0.05, 0.1) is 18.8 Å². The Kier molecular flexibility index (Phi) is 6.72. The summed E-state index contributed by atoms with van der Waals surface area (Å²) in [7, 11) is 0. The van der Waals surface area contributed by atoms with Gasteiger partial charge in [-0.15, -0.1) is 0 Å². The van der Waals surface area contributed by atoms with Crippen LogP contribution in [0.15, 0.2) is 48.5 Å². The van der Waals surface area contributed by atoms with Gasteiger partial charge in [0, 0.05) is 23.7 Å². The summed E-state index contributed by atoms with van der Waals surface area (Å²) in [4.78, 5) is 19.7. The van der Waals surface area contributed by atoms with Crippen LogP contribution in [0, 0.1) is 0 Å². The molecule has 0 atom stereocenters. The molecule has 0 fully saturated rings. The summed E-state index contributed by atoms with van der Waals surface area (Å²) in [6.07, 6.45) is 4.33. The topological polar surface area (TPSA) is 72.3 Å². The first-order valence-electron chi connectivity index (χ1n) is 10.6. The Balaban J connectivity index is 1.64. The highest BCUT2D eigenvalue weighted by Crippen LogP contribution is 2.30. The molecule has 0 radical (unpaired) electrons. The van der Waals surface area contributed by atoms with Gasteiger partial charge in [0.25, 0.3) is 0 Å². The van der Waals surface area contributed by atoms with E-state index in [1.807, 2.05) is 35.9 Å². The summed E-state index contributed by atoms with van der Waals surface area (Å²) in [5, 5.41) is 8.23. The van der Waals surface area contributed by atoms with Crippen molar-refractivity contribution in [1.82, 2.24) is 14.8 Å². The third kappa shape index (κ3) is 5.17. The Labute approximate surface area is 187 Å². The maximum absolute atomic E-state index is 13.3. The second kappa shape index (κ2) is 9.83. The van der Waals surface area contributed by atoms with E-state index in [9.17, 15) is 4.79 Å². The number of carbonyl (C=O) groups excluding carboxylic acids is 1. The number of amides is 2. The molecule has 2 aromatic carbocycles. The lowest BCUT2D eigenvalue weighted by atomic mass is 10.2. The number of anilines is 2. The molecule has 1 aliphatic heterocycles. The van der Waals surface area contributed by atoms with E-state index in [0.717, 1.165) is 31.6 Å². The van der Waals surface area contributed by atoms with Gasteiger partial charge in [-0.25, -0.2) is 14.5 Å². The number of urea groups is 1. The molecule has 1 N–H and O–H groups in total. The lowest BCUT2D eigenvalue weighted by Gasteiger charge is -2.24. The Hall–Kier alpha value is -3.06. The molecule has 0 saturated carbocycles. The number of aromatic nitrogens is 3. The van der Waals surface area contributed by atoms with E-state index in [-0.39, 0.29) is 12.6 Å². The number of benzene rings is 2. The van der Waals surface area contributed by atoms with Gasteiger partial charge in [0.2, 0.25) is 0 Å². The molecule has 2 amide bonds. The molecule has 4 rings (SSSR count). The van der Waals surface area contributed by atoms with Crippen molar-refractivity contribution in [3.05, 3.63) is 65.2 Å². The van der Waals surface area contributed by atoms with E-state index >= 15 is 0 Å². The van der Waals surface area contributed by atoms with Crippen molar-refractivity contribution < 1.29 is 9.53 Å². The number of aryl methyl sites for hydroxylation is 2. The average molecular weight is 440 g/mol. The van der Waals surface area contributed by atoms with Crippen LogP contribution in [-0.4, -0.2) is 27.4 Å². The van der Waals surface area contributed by atoms with Crippen LogP contribution in [0.5, 0.6) is 5.75 Å². The fraction of sp³-hybridized carbons (Fsp3) is 0.348. The summed E-state index contributed by atoms with van der Waals surface area (Å²) in [5.41, 5.74) is 1.32. The van der Waals surface area contributed by atoms with Crippen molar-refractivity contribution in [3.63, 3.8) is 0 Å². The summed E-state index contributed by atoms with van der Waals surface area (Å²) < 4.78 is 7.76. The number of para-hydroxylation sites is 2. The molecule has 0 aliphatic carbocycles. The van der Waals surface area contributed by atoms with Crippen molar-refractivity contribution in [2.45, 2.75) is 45.7 Å². The molecule has 2 heterocycles. The number of hydrogen-bond donors (Lipinski definition) is 1. The van der Waals surface area contributed by atoms with E-state index in [1.165, 1.54) is 6.42 Å². The zero-order chi connectivity index (χ0) is 21.6. The minimum Gasteiger partial charge on any atom is -0.492 e. The molecule has 0 unspecified atom stereocenters. The monoisotopic (exact) mass is 439 g/mol. The summed E-state index contributed by atoms with van der Waals surface area (Å²) in [6, 6.07) is 14.2. The largest absolute Gasteiger partial charge is 0.492 e. The number of carbonyl (C=O) groups is 1. The first kappa shape index (κ1) is 21.2. The van der Waals surface area contributed by atoms with Crippen molar-refractivity contribution in [2.24, 2.45) is 0 Å². The third-order valence-corrected chi connectivity index (χ3v) is 5.41. The summed E-state index contributed by atoms with van der Waals surface area (Å²) >= 11 is 5.97. The van der Waals surface area contributed by atoms with Crippen LogP contribution in [0.25, 0.3) is 0 Å². The van der Waals surface area contributed by atoms with Crippen LogP contribution in [0.1, 0.15) is 37.8 Å². The van der Waals surface area contributed by atoms with Crippen molar-refractivity contribution >= 4 is 29.0 Å². The van der Waals surface area contributed by atoms with Gasteiger partial charge in [-0.1, -0.05) is 30.2 Å². The van der Waals surface area contributed by atoms with E-state index < -0.39 is 0 Å². The third-order valence-electron chi connectivity index (χ3n) is 5.16. The number of halogens is 1.